The number of hydrogen-bond acceptors (Lipinski definition) is 6. The van der Waals surface area contributed by atoms with Gasteiger partial charge in [0, 0.05) is 31.7 Å². The van der Waals surface area contributed by atoms with Crippen molar-refractivity contribution in [1.29, 1.82) is 0 Å². The fraction of sp³-hybridized carbons (Fsp3) is 0.167. The molecule has 2 unspecified atom stereocenters. The number of rotatable bonds is 8. The molecule has 0 saturated heterocycles. The highest BCUT2D eigenvalue weighted by atomic mass is 32.2. The third kappa shape index (κ3) is 5.03. The minimum atomic E-state index is -1.11. The van der Waals surface area contributed by atoms with Crippen molar-refractivity contribution in [2.45, 2.75) is 34.1 Å². The van der Waals surface area contributed by atoms with Gasteiger partial charge in [0.25, 0.3) is 0 Å². The van der Waals surface area contributed by atoms with Crippen molar-refractivity contribution >= 4 is 46.8 Å². The van der Waals surface area contributed by atoms with Gasteiger partial charge in [0.15, 0.2) is 0 Å². The SMILES string of the molecule is CC(Sc1ccccc1N)c1c(C(=O)O)ccc(C(=O)O)c1C(C)Sc1ccccc1N. The fourth-order valence-corrected chi connectivity index (χ4v) is 5.79. The molecule has 8 heteroatoms. The summed E-state index contributed by atoms with van der Waals surface area (Å²) in [6.07, 6.45) is 0. The van der Waals surface area contributed by atoms with E-state index in [-0.39, 0.29) is 21.6 Å². The number of carboxylic acid groups (broad SMARTS) is 2. The van der Waals surface area contributed by atoms with Crippen molar-refractivity contribution in [1.82, 2.24) is 0 Å². The molecule has 0 bridgehead atoms. The zero-order valence-corrected chi connectivity index (χ0v) is 19.2. The van der Waals surface area contributed by atoms with E-state index in [1.807, 2.05) is 50.2 Å². The highest BCUT2D eigenvalue weighted by Crippen LogP contribution is 2.47. The van der Waals surface area contributed by atoms with Crippen LogP contribution in [-0.4, -0.2) is 22.2 Å². The van der Waals surface area contributed by atoms with E-state index < -0.39 is 11.9 Å². The Morgan fingerprint density at radius 1 is 0.688 bits per heavy atom. The van der Waals surface area contributed by atoms with Crippen LogP contribution < -0.4 is 11.5 Å². The van der Waals surface area contributed by atoms with Crippen LogP contribution in [0.25, 0.3) is 0 Å². The Bertz CT molecular complexity index is 1080. The first-order valence-electron chi connectivity index (χ1n) is 9.86. The van der Waals surface area contributed by atoms with Crippen molar-refractivity contribution in [3.05, 3.63) is 82.9 Å². The summed E-state index contributed by atoms with van der Waals surface area (Å²) in [5.74, 6) is -2.22. The van der Waals surface area contributed by atoms with Crippen LogP contribution in [0, 0.1) is 0 Å². The molecule has 0 saturated carbocycles. The van der Waals surface area contributed by atoms with E-state index in [0.717, 1.165) is 9.79 Å². The van der Waals surface area contributed by atoms with Gasteiger partial charge >= 0.3 is 11.9 Å². The Labute approximate surface area is 195 Å². The number of carboxylic acids is 2. The standard InChI is InChI=1S/C24H24N2O4S2/c1-13(31-19-9-5-3-7-17(19)25)21-15(23(27)28)11-12-16(24(29)30)22(21)14(2)32-20-10-6-4-8-18(20)26/h3-14H,25-26H2,1-2H3,(H,27,28)(H,29,30). The molecule has 0 fully saturated rings. The van der Waals surface area contributed by atoms with Crippen LogP contribution in [-0.2, 0) is 0 Å². The topological polar surface area (TPSA) is 127 Å². The number of benzene rings is 3. The highest BCUT2D eigenvalue weighted by molar-refractivity contribution is 8.00. The van der Waals surface area contributed by atoms with Crippen LogP contribution in [0.4, 0.5) is 11.4 Å². The molecule has 0 aliphatic carbocycles. The van der Waals surface area contributed by atoms with Crippen LogP contribution in [0.5, 0.6) is 0 Å². The van der Waals surface area contributed by atoms with Crippen molar-refractivity contribution in [2.24, 2.45) is 0 Å². The predicted octanol–water partition coefficient (Wildman–Crippen LogP) is 5.95. The zero-order chi connectivity index (χ0) is 23.4. The Morgan fingerprint density at radius 3 is 1.34 bits per heavy atom. The molecule has 0 heterocycles. The molecule has 2 atom stereocenters. The van der Waals surface area contributed by atoms with E-state index in [4.69, 9.17) is 11.5 Å². The molecular weight excluding hydrogens is 444 g/mol. The van der Waals surface area contributed by atoms with Gasteiger partial charge in [-0.05, 0) is 61.4 Å². The van der Waals surface area contributed by atoms with Gasteiger partial charge < -0.3 is 21.7 Å². The molecular formula is C24H24N2O4S2. The normalized spacial score (nSPS) is 12.8. The molecule has 0 aromatic heterocycles. The maximum absolute atomic E-state index is 12.1. The molecule has 3 rings (SSSR count). The first-order valence-corrected chi connectivity index (χ1v) is 11.6. The van der Waals surface area contributed by atoms with Crippen LogP contribution >= 0.6 is 23.5 Å². The predicted molar refractivity (Wildman–Crippen MR) is 131 cm³/mol. The summed E-state index contributed by atoms with van der Waals surface area (Å²) in [7, 11) is 0. The number of anilines is 2. The number of nitrogens with two attached hydrogens (primary N) is 2. The van der Waals surface area contributed by atoms with Crippen LogP contribution in [0.15, 0.2) is 70.5 Å². The van der Waals surface area contributed by atoms with Crippen LogP contribution in [0.2, 0.25) is 0 Å². The van der Waals surface area contributed by atoms with Gasteiger partial charge in [0.1, 0.15) is 0 Å². The van der Waals surface area contributed by atoms with Crippen LogP contribution in [0.1, 0.15) is 56.2 Å². The minimum Gasteiger partial charge on any atom is -0.478 e. The third-order valence-corrected chi connectivity index (χ3v) is 7.44. The quantitative estimate of drug-likeness (QED) is 0.236. The molecule has 0 amide bonds. The second kappa shape index (κ2) is 10.0. The lowest BCUT2D eigenvalue weighted by molar-refractivity contribution is 0.0679. The summed E-state index contributed by atoms with van der Waals surface area (Å²) in [6.45, 7) is 3.73. The number of nitrogen functional groups attached to an aromatic ring is 2. The number of hydrogen-bond donors (Lipinski definition) is 4. The van der Waals surface area contributed by atoms with E-state index in [0.29, 0.717) is 22.5 Å². The summed E-state index contributed by atoms with van der Waals surface area (Å²) in [5.41, 5.74) is 14.4. The Morgan fingerprint density at radius 2 is 1.03 bits per heavy atom. The molecule has 3 aromatic rings. The van der Waals surface area contributed by atoms with Crippen molar-refractivity contribution < 1.29 is 19.8 Å². The first-order chi connectivity index (χ1) is 15.2. The minimum absolute atomic E-state index is 0.0768. The largest absolute Gasteiger partial charge is 0.478 e. The first kappa shape index (κ1) is 23.6. The maximum atomic E-state index is 12.1. The molecule has 6 N–H and O–H groups in total. The lowest BCUT2D eigenvalue weighted by Crippen LogP contribution is -2.14. The molecule has 32 heavy (non-hydrogen) atoms. The summed E-state index contributed by atoms with van der Waals surface area (Å²) in [6, 6.07) is 17.4. The lowest BCUT2D eigenvalue weighted by atomic mass is 9.92. The fourth-order valence-electron chi connectivity index (χ4n) is 3.56. The summed E-state index contributed by atoms with van der Waals surface area (Å²) >= 11 is 2.80. The number of para-hydroxylation sites is 2. The van der Waals surface area contributed by atoms with E-state index in [1.165, 1.54) is 35.7 Å². The molecule has 6 nitrogen and oxygen atoms in total. The lowest BCUT2D eigenvalue weighted by Gasteiger charge is -2.25. The van der Waals surface area contributed by atoms with Crippen molar-refractivity contribution in [3.63, 3.8) is 0 Å². The van der Waals surface area contributed by atoms with Crippen LogP contribution in [0.3, 0.4) is 0 Å². The third-order valence-electron chi connectivity index (χ3n) is 5.01. The van der Waals surface area contributed by atoms with Gasteiger partial charge in [-0.2, -0.15) is 0 Å². The number of thioether (sulfide) groups is 2. The molecule has 0 aliphatic rings. The second-order valence-corrected chi connectivity index (χ2v) is 9.96. The summed E-state index contributed by atoms with van der Waals surface area (Å²) in [5, 5.41) is 19.1. The maximum Gasteiger partial charge on any atom is 0.336 e. The van der Waals surface area contributed by atoms with Gasteiger partial charge in [-0.25, -0.2) is 9.59 Å². The molecule has 0 aliphatic heterocycles. The Balaban J connectivity index is 2.15. The Hall–Kier alpha value is -3.10. The Kier molecular flexibility index (Phi) is 7.37. The second-order valence-electron chi connectivity index (χ2n) is 7.19. The van der Waals surface area contributed by atoms with Gasteiger partial charge in [-0.15, -0.1) is 23.5 Å². The molecule has 166 valence electrons. The van der Waals surface area contributed by atoms with E-state index >= 15 is 0 Å². The number of carbonyl (C=O) groups is 2. The summed E-state index contributed by atoms with van der Waals surface area (Å²) < 4.78 is 0. The van der Waals surface area contributed by atoms with E-state index in [9.17, 15) is 19.8 Å². The van der Waals surface area contributed by atoms with Crippen molar-refractivity contribution in [3.8, 4) is 0 Å². The van der Waals surface area contributed by atoms with Gasteiger partial charge in [0.05, 0.1) is 11.1 Å². The summed E-state index contributed by atoms with van der Waals surface area (Å²) in [4.78, 5) is 25.8. The average molecular weight is 469 g/mol. The van der Waals surface area contributed by atoms with Gasteiger partial charge in [-0.1, -0.05) is 24.3 Å². The smallest absolute Gasteiger partial charge is 0.336 e. The van der Waals surface area contributed by atoms with Crippen molar-refractivity contribution in [2.75, 3.05) is 11.5 Å². The van der Waals surface area contributed by atoms with Gasteiger partial charge in [0.2, 0.25) is 0 Å². The van der Waals surface area contributed by atoms with E-state index in [2.05, 4.69) is 0 Å². The average Bonchev–Trinajstić information content (AvgIpc) is 2.75. The van der Waals surface area contributed by atoms with Gasteiger partial charge in [-0.3, -0.25) is 0 Å². The molecule has 0 radical (unpaired) electrons. The highest BCUT2D eigenvalue weighted by Gasteiger charge is 2.29. The molecule has 0 spiro atoms. The van der Waals surface area contributed by atoms with E-state index in [1.54, 1.807) is 12.1 Å². The zero-order valence-electron chi connectivity index (χ0n) is 17.6. The molecule has 3 aromatic carbocycles. The number of aromatic carboxylic acids is 2. The monoisotopic (exact) mass is 468 g/mol.